The number of aromatic nitrogens is 4. The summed E-state index contributed by atoms with van der Waals surface area (Å²) < 4.78 is 42.6. The molecule has 35 heavy (non-hydrogen) atoms. The summed E-state index contributed by atoms with van der Waals surface area (Å²) in [7, 11) is 0. The highest BCUT2D eigenvalue weighted by Gasteiger charge is 2.38. The third kappa shape index (κ3) is 4.68. The number of hydrogen-bond acceptors (Lipinski definition) is 6. The molecule has 0 atom stereocenters. The van der Waals surface area contributed by atoms with Crippen LogP contribution in [-0.2, 0) is 25.8 Å². The number of hydrogen-bond donors (Lipinski definition) is 1. The van der Waals surface area contributed by atoms with E-state index in [-0.39, 0.29) is 24.7 Å². The molecule has 0 bridgehead atoms. The number of nitrogen functional groups attached to an aromatic ring is 1. The molecule has 4 rings (SSSR count). The van der Waals surface area contributed by atoms with Crippen molar-refractivity contribution in [2.75, 3.05) is 5.73 Å². The number of carbonyl (C=O) groups excluding carboxylic acids is 1. The second-order valence-electron chi connectivity index (χ2n) is 8.30. The Hall–Kier alpha value is -3.96. The van der Waals surface area contributed by atoms with Gasteiger partial charge in [-0.15, -0.1) is 0 Å². The summed E-state index contributed by atoms with van der Waals surface area (Å²) in [6.45, 7) is 0.482. The lowest BCUT2D eigenvalue weighted by Crippen LogP contribution is -2.44. The van der Waals surface area contributed by atoms with Crippen LogP contribution in [0.25, 0.3) is 0 Å². The van der Waals surface area contributed by atoms with Crippen LogP contribution in [0.3, 0.4) is 0 Å². The molecular weight excluding hydrogens is 467 g/mol. The minimum atomic E-state index is -4.94. The second-order valence-corrected chi connectivity index (χ2v) is 8.30. The largest absolute Gasteiger partial charge is 0.421 e. The topological polar surface area (TPSA) is 122 Å². The van der Waals surface area contributed by atoms with Gasteiger partial charge in [-0.25, -0.2) is 9.48 Å². The second kappa shape index (κ2) is 9.01. The van der Waals surface area contributed by atoms with Gasteiger partial charge in [0.05, 0.1) is 12.2 Å². The number of ketones is 1. The normalized spacial score (nSPS) is 13.7. The van der Waals surface area contributed by atoms with E-state index in [9.17, 15) is 32.3 Å². The monoisotopic (exact) mass is 489 g/mol. The van der Waals surface area contributed by atoms with Crippen molar-refractivity contribution < 1.29 is 18.0 Å². The Morgan fingerprint density at radius 3 is 2.31 bits per heavy atom. The zero-order chi connectivity index (χ0) is 25.5. The third-order valence-electron chi connectivity index (χ3n) is 5.83. The first kappa shape index (κ1) is 24.2. The Morgan fingerprint density at radius 2 is 1.74 bits per heavy atom. The van der Waals surface area contributed by atoms with Crippen molar-refractivity contribution in [3.8, 4) is 0 Å². The van der Waals surface area contributed by atoms with Crippen LogP contribution in [0, 0.1) is 0 Å². The maximum atomic E-state index is 13.4. The van der Waals surface area contributed by atoms with Gasteiger partial charge < -0.3 is 5.73 Å². The SMILES string of the molecule is CCn1c(=O)c(C(=O)Cn2nc(C3CC3)cc(C(F)(F)F)c2=O)c(N)n(Cc2ccccc2)c1=O. The van der Waals surface area contributed by atoms with Crippen molar-refractivity contribution >= 4 is 11.6 Å². The molecule has 2 heterocycles. The first-order chi connectivity index (χ1) is 16.5. The highest BCUT2D eigenvalue weighted by molar-refractivity contribution is 5.99. The molecule has 0 amide bonds. The van der Waals surface area contributed by atoms with E-state index in [0.29, 0.717) is 29.2 Å². The van der Waals surface area contributed by atoms with Crippen LogP contribution >= 0.6 is 0 Å². The summed E-state index contributed by atoms with van der Waals surface area (Å²) in [6.07, 6.45) is -3.70. The van der Waals surface area contributed by atoms with Gasteiger partial charge >= 0.3 is 11.9 Å². The van der Waals surface area contributed by atoms with E-state index in [4.69, 9.17) is 5.73 Å². The number of nitrogens with two attached hydrogens (primary N) is 1. The molecule has 3 aromatic rings. The maximum Gasteiger partial charge on any atom is 0.421 e. The van der Waals surface area contributed by atoms with E-state index in [2.05, 4.69) is 5.10 Å². The van der Waals surface area contributed by atoms with Crippen molar-refractivity contribution in [3.63, 3.8) is 0 Å². The summed E-state index contributed by atoms with van der Waals surface area (Å²) in [5.74, 6) is -1.68. The molecule has 9 nitrogen and oxygen atoms in total. The van der Waals surface area contributed by atoms with Crippen molar-refractivity contribution in [1.82, 2.24) is 18.9 Å². The zero-order valence-corrected chi connectivity index (χ0v) is 18.7. The summed E-state index contributed by atoms with van der Waals surface area (Å²) in [5, 5.41) is 3.95. The van der Waals surface area contributed by atoms with Gasteiger partial charge in [0.1, 0.15) is 23.5 Å². The average molecular weight is 489 g/mol. The van der Waals surface area contributed by atoms with Gasteiger partial charge in [0.25, 0.3) is 11.1 Å². The number of Topliss-reactive ketones (excluding diaryl/α,β-unsaturated/α-hetero) is 1. The van der Waals surface area contributed by atoms with E-state index in [1.165, 1.54) is 6.92 Å². The number of nitrogens with zero attached hydrogens (tertiary/aromatic N) is 4. The Labute approximate surface area is 196 Å². The molecule has 1 aliphatic carbocycles. The standard InChI is InChI=1S/C23H22F3N5O4/c1-2-29-21(34)18(19(27)30(22(29)35)11-13-6-4-3-5-7-13)17(32)12-31-20(33)15(23(24,25)26)10-16(28-31)14-8-9-14/h3-7,10,14H,2,8-9,11-12,27H2,1H3. The van der Waals surface area contributed by atoms with Crippen LogP contribution in [0.2, 0.25) is 0 Å². The van der Waals surface area contributed by atoms with Crippen molar-refractivity contribution in [1.29, 1.82) is 0 Å². The number of alkyl halides is 3. The lowest BCUT2D eigenvalue weighted by molar-refractivity contribution is -0.139. The fraction of sp³-hybridized carbons (Fsp3) is 0.348. The molecular formula is C23H22F3N5O4. The first-order valence-electron chi connectivity index (χ1n) is 10.9. The Morgan fingerprint density at radius 1 is 1.09 bits per heavy atom. The summed E-state index contributed by atoms with van der Waals surface area (Å²) >= 11 is 0. The number of benzene rings is 1. The van der Waals surface area contributed by atoms with Crippen LogP contribution in [0.1, 0.15) is 52.9 Å². The van der Waals surface area contributed by atoms with E-state index >= 15 is 0 Å². The summed E-state index contributed by atoms with van der Waals surface area (Å²) in [5.41, 5.74) is 1.57. The lowest BCUT2D eigenvalue weighted by atomic mass is 10.1. The van der Waals surface area contributed by atoms with Crippen LogP contribution in [0.5, 0.6) is 0 Å². The highest BCUT2D eigenvalue weighted by Crippen LogP contribution is 2.40. The van der Waals surface area contributed by atoms with E-state index < -0.39 is 52.3 Å². The Bertz CT molecular complexity index is 1470. The Kier molecular flexibility index (Phi) is 6.22. The fourth-order valence-corrected chi connectivity index (χ4v) is 3.84. The molecule has 1 fully saturated rings. The van der Waals surface area contributed by atoms with Gasteiger partial charge in [-0.1, -0.05) is 30.3 Å². The smallest absolute Gasteiger partial charge is 0.384 e. The van der Waals surface area contributed by atoms with Crippen LogP contribution < -0.4 is 22.5 Å². The molecule has 1 aliphatic rings. The molecule has 1 saturated carbocycles. The highest BCUT2D eigenvalue weighted by atomic mass is 19.4. The van der Waals surface area contributed by atoms with Crippen molar-refractivity contribution in [2.24, 2.45) is 0 Å². The lowest BCUT2D eigenvalue weighted by Gasteiger charge is -2.16. The number of halogens is 3. The molecule has 2 aromatic heterocycles. The number of rotatable bonds is 7. The van der Waals surface area contributed by atoms with Gasteiger partial charge in [0, 0.05) is 12.5 Å². The first-order valence-corrected chi connectivity index (χ1v) is 10.9. The molecule has 0 unspecified atom stereocenters. The molecule has 184 valence electrons. The number of carbonyl (C=O) groups is 1. The van der Waals surface area contributed by atoms with Gasteiger partial charge in [-0.05, 0) is 31.4 Å². The quantitative estimate of drug-likeness (QED) is 0.507. The van der Waals surface area contributed by atoms with Crippen LogP contribution in [-0.4, -0.2) is 24.7 Å². The molecule has 0 aliphatic heterocycles. The maximum absolute atomic E-state index is 13.4. The average Bonchev–Trinajstić information content (AvgIpc) is 3.64. The van der Waals surface area contributed by atoms with Gasteiger partial charge in [0.2, 0.25) is 0 Å². The zero-order valence-electron chi connectivity index (χ0n) is 18.7. The number of anilines is 1. The summed E-state index contributed by atoms with van der Waals surface area (Å²) in [6, 6.07) is 9.40. The van der Waals surface area contributed by atoms with E-state index in [1.807, 2.05) is 0 Å². The molecule has 2 N–H and O–H groups in total. The fourth-order valence-electron chi connectivity index (χ4n) is 3.84. The molecule has 0 spiro atoms. The van der Waals surface area contributed by atoms with Crippen LogP contribution in [0.15, 0.2) is 50.8 Å². The van der Waals surface area contributed by atoms with Crippen molar-refractivity contribution in [3.05, 3.63) is 90.0 Å². The third-order valence-corrected chi connectivity index (χ3v) is 5.83. The minimum Gasteiger partial charge on any atom is -0.384 e. The van der Waals surface area contributed by atoms with E-state index in [1.54, 1.807) is 30.3 Å². The van der Waals surface area contributed by atoms with Crippen molar-refractivity contribution in [2.45, 2.75) is 51.5 Å². The molecule has 0 radical (unpaired) electrons. The predicted octanol–water partition coefficient (Wildman–Crippen LogP) is 2.00. The van der Waals surface area contributed by atoms with Gasteiger partial charge in [0.15, 0.2) is 5.78 Å². The summed E-state index contributed by atoms with van der Waals surface area (Å²) in [4.78, 5) is 51.4. The van der Waals surface area contributed by atoms with Gasteiger partial charge in [-0.2, -0.15) is 18.3 Å². The molecule has 12 heteroatoms. The Balaban J connectivity index is 1.81. The minimum absolute atomic E-state index is 0.0420. The van der Waals surface area contributed by atoms with Gasteiger partial charge in [-0.3, -0.25) is 23.5 Å². The predicted molar refractivity (Wildman–Crippen MR) is 120 cm³/mol. The molecule has 1 aromatic carbocycles. The molecule has 0 saturated heterocycles. The van der Waals surface area contributed by atoms with E-state index in [0.717, 1.165) is 9.13 Å². The van der Waals surface area contributed by atoms with Crippen LogP contribution in [0.4, 0.5) is 19.0 Å².